The number of nitrogens with zero attached hydrogens (tertiary/aromatic N) is 2. The molecule has 0 N–H and O–H groups in total. The predicted octanol–water partition coefficient (Wildman–Crippen LogP) is 4.26. The second-order valence-corrected chi connectivity index (χ2v) is 6.03. The highest BCUT2D eigenvalue weighted by Gasteiger charge is 2.17. The lowest BCUT2D eigenvalue weighted by atomic mass is 10.2. The van der Waals surface area contributed by atoms with Gasteiger partial charge in [0.15, 0.2) is 5.69 Å². The van der Waals surface area contributed by atoms with Gasteiger partial charge in [0.2, 0.25) is 0 Å². The van der Waals surface area contributed by atoms with Crippen LogP contribution in [0.5, 0.6) is 5.75 Å². The van der Waals surface area contributed by atoms with Crippen LogP contribution >= 0.6 is 11.6 Å². The smallest absolute Gasteiger partial charge is 0.358 e. The molecule has 0 aliphatic rings. The Balaban J connectivity index is 1.91. The molecule has 0 aliphatic carbocycles. The Labute approximate surface area is 162 Å². The number of aromatic nitrogens is 2. The summed E-state index contributed by atoms with van der Waals surface area (Å²) in [6.07, 6.45) is 5.41. The van der Waals surface area contributed by atoms with Gasteiger partial charge in [-0.2, -0.15) is 5.10 Å². The number of ether oxygens (including phenoxy) is 2. The Hall–Kier alpha value is -3.23. The van der Waals surface area contributed by atoms with E-state index in [1.54, 1.807) is 41.9 Å². The summed E-state index contributed by atoms with van der Waals surface area (Å²) in [5, 5.41) is 4.95. The van der Waals surface area contributed by atoms with Crippen molar-refractivity contribution in [2.24, 2.45) is 0 Å². The van der Waals surface area contributed by atoms with Crippen LogP contribution in [0.15, 0.2) is 54.6 Å². The highest BCUT2D eigenvalue weighted by molar-refractivity contribution is 6.30. The van der Waals surface area contributed by atoms with E-state index in [0.717, 1.165) is 11.3 Å². The van der Waals surface area contributed by atoms with Gasteiger partial charge in [-0.25, -0.2) is 9.48 Å². The van der Waals surface area contributed by atoms with Crippen LogP contribution in [0.2, 0.25) is 5.02 Å². The van der Waals surface area contributed by atoms with Crippen LogP contribution in [0.25, 0.3) is 5.69 Å². The van der Waals surface area contributed by atoms with Crippen LogP contribution in [0, 0.1) is 12.3 Å². The number of benzene rings is 2. The van der Waals surface area contributed by atoms with Crippen molar-refractivity contribution in [1.29, 1.82) is 0 Å². The molecule has 3 rings (SSSR count). The first-order chi connectivity index (χ1) is 13.1. The molecule has 1 heterocycles. The van der Waals surface area contributed by atoms with Gasteiger partial charge >= 0.3 is 5.97 Å². The van der Waals surface area contributed by atoms with Crippen LogP contribution < -0.4 is 4.74 Å². The third-order valence-electron chi connectivity index (χ3n) is 3.73. The molecule has 0 spiro atoms. The third-order valence-corrected chi connectivity index (χ3v) is 3.96. The average molecular weight is 381 g/mol. The zero-order valence-corrected chi connectivity index (χ0v) is 15.4. The molecule has 0 bridgehead atoms. The highest BCUT2D eigenvalue weighted by atomic mass is 35.5. The molecule has 6 heteroatoms. The van der Waals surface area contributed by atoms with Crippen molar-refractivity contribution in [3.05, 3.63) is 76.6 Å². The minimum Gasteiger partial charge on any atom is -0.487 e. The molecular weight excluding hydrogens is 364 g/mol. The number of halogens is 1. The van der Waals surface area contributed by atoms with Crippen molar-refractivity contribution < 1.29 is 14.3 Å². The summed E-state index contributed by atoms with van der Waals surface area (Å²) in [6.45, 7) is 2.22. The first-order valence-corrected chi connectivity index (χ1v) is 8.70. The molecule has 2 aromatic carbocycles. The second-order valence-electron chi connectivity index (χ2n) is 5.59. The predicted molar refractivity (Wildman–Crippen MR) is 103 cm³/mol. The first-order valence-electron chi connectivity index (χ1n) is 8.32. The first kappa shape index (κ1) is 18.6. The molecule has 136 valence electrons. The third kappa shape index (κ3) is 4.49. The minimum absolute atomic E-state index is 0.198. The second kappa shape index (κ2) is 8.43. The molecule has 0 amide bonds. The van der Waals surface area contributed by atoms with Crippen LogP contribution in [0.3, 0.4) is 0 Å². The lowest BCUT2D eigenvalue weighted by Gasteiger charge is -2.09. The van der Waals surface area contributed by atoms with Crippen LogP contribution in [0.1, 0.15) is 28.7 Å². The Kier molecular flexibility index (Phi) is 5.80. The van der Waals surface area contributed by atoms with Crippen LogP contribution in [-0.2, 0) is 11.3 Å². The summed E-state index contributed by atoms with van der Waals surface area (Å²) in [7, 11) is 0. The topological polar surface area (TPSA) is 53.4 Å². The lowest BCUT2D eigenvalue weighted by Crippen LogP contribution is -2.08. The number of terminal acetylenes is 1. The van der Waals surface area contributed by atoms with E-state index in [-0.39, 0.29) is 18.9 Å². The number of hydrogen-bond donors (Lipinski definition) is 0. The van der Waals surface area contributed by atoms with Crippen molar-refractivity contribution in [3.8, 4) is 23.8 Å². The van der Waals surface area contributed by atoms with Gasteiger partial charge in [-0.1, -0.05) is 23.6 Å². The molecule has 3 aromatic rings. The number of rotatable bonds is 6. The molecule has 0 aliphatic heterocycles. The van der Waals surface area contributed by atoms with Gasteiger partial charge in [0.05, 0.1) is 18.0 Å². The van der Waals surface area contributed by atoms with Crippen LogP contribution in [-0.4, -0.2) is 22.4 Å². The summed E-state index contributed by atoms with van der Waals surface area (Å²) in [4.78, 5) is 12.1. The Morgan fingerprint density at radius 3 is 2.67 bits per heavy atom. The fraction of sp³-hybridized carbons (Fsp3) is 0.143. The summed E-state index contributed by atoms with van der Waals surface area (Å²) in [5.41, 5.74) is 2.41. The standard InChI is InChI=1S/C21H17ClN2O3/c1-3-15-8-10-17(11-9-15)24-18(13-20(23-24)21(25)26-4-2)14-27-19-7-5-6-16(22)12-19/h1,5-13H,4,14H2,2H3. The molecule has 0 fully saturated rings. The maximum atomic E-state index is 12.1. The van der Waals surface area contributed by atoms with E-state index < -0.39 is 5.97 Å². The van der Waals surface area contributed by atoms with E-state index >= 15 is 0 Å². The van der Waals surface area contributed by atoms with Gasteiger partial charge in [-0.15, -0.1) is 6.42 Å². The van der Waals surface area contributed by atoms with E-state index in [9.17, 15) is 4.79 Å². The Morgan fingerprint density at radius 2 is 2.00 bits per heavy atom. The SMILES string of the molecule is C#Cc1ccc(-n2nc(C(=O)OCC)cc2COc2cccc(Cl)c2)cc1. The molecule has 0 saturated heterocycles. The van der Waals surface area contributed by atoms with Crippen molar-refractivity contribution in [3.63, 3.8) is 0 Å². The summed E-state index contributed by atoms with van der Waals surface area (Å²) < 4.78 is 12.5. The molecule has 27 heavy (non-hydrogen) atoms. The quantitative estimate of drug-likeness (QED) is 0.473. The maximum Gasteiger partial charge on any atom is 0.358 e. The zero-order chi connectivity index (χ0) is 19.2. The fourth-order valence-electron chi connectivity index (χ4n) is 2.46. The maximum absolute atomic E-state index is 12.1. The van der Waals surface area contributed by atoms with E-state index in [2.05, 4.69) is 11.0 Å². The zero-order valence-electron chi connectivity index (χ0n) is 14.7. The summed E-state index contributed by atoms with van der Waals surface area (Å²) in [6, 6.07) is 16.0. The molecule has 0 saturated carbocycles. The number of hydrogen-bond acceptors (Lipinski definition) is 4. The molecule has 5 nitrogen and oxygen atoms in total. The van der Waals surface area contributed by atoms with Crippen molar-refractivity contribution in [1.82, 2.24) is 9.78 Å². The molecule has 0 radical (unpaired) electrons. The molecular formula is C21H17ClN2O3. The summed E-state index contributed by atoms with van der Waals surface area (Å²) in [5.74, 6) is 2.71. The van der Waals surface area contributed by atoms with Gasteiger partial charge < -0.3 is 9.47 Å². The fourth-order valence-corrected chi connectivity index (χ4v) is 2.64. The van der Waals surface area contributed by atoms with E-state index in [0.29, 0.717) is 16.5 Å². The van der Waals surface area contributed by atoms with Crippen molar-refractivity contribution >= 4 is 17.6 Å². The van der Waals surface area contributed by atoms with Gasteiger partial charge in [0.1, 0.15) is 12.4 Å². The molecule has 1 aromatic heterocycles. The van der Waals surface area contributed by atoms with Crippen molar-refractivity contribution in [2.45, 2.75) is 13.5 Å². The minimum atomic E-state index is -0.486. The Morgan fingerprint density at radius 1 is 1.22 bits per heavy atom. The Bertz CT molecular complexity index is 987. The van der Waals surface area contributed by atoms with Gasteiger partial charge in [-0.3, -0.25) is 0 Å². The number of carbonyl (C=O) groups excluding carboxylic acids is 1. The average Bonchev–Trinajstić information content (AvgIpc) is 3.11. The number of esters is 1. The van der Waals surface area contributed by atoms with E-state index in [1.807, 2.05) is 24.3 Å². The van der Waals surface area contributed by atoms with Crippen molar-refractivity contribution in [2.75, 3.05) is 6.61 Å². The van der Waals surface area contributed by atoms with E-state index in [4.69, 9.17) is 27.5 Å². The monoisotopic (exact) mass is 380 g/mol. The van der Waals surface area contributed by atoms with Gasteiger partial charge in [0.25, 0.3) is 0 Å². The van der Waals surface area contributed by atoms with Gasteiger partial charge in [0, 0.05) is 10.6 Å². The van der Waals surface area contributed by atoms with Crippen LogP contribution in [0.4, 0.5) is 0 Å². The van der Waals surface area contributed by atoms with E-state index in [1.165, 1.54) is 0 Å². The normalized spacial score (nSPS) is 10.3. The molecule has 0 unspecified atom stereocenters. The lowest BCUT2D eigenvalue weighted by molar-refractivity contribution is 0.0519. The molecule has 0 atom stereocenters. The van der Waals surface area contributed by atoms with Gasteiger partial charge in [-0.05, 0) is 55.5 Å². The summed E-state index contributed by atoms with van der Waals surface area (Å²) >= 11 is 5.99. The number of carbonyl (C=O) groups is 1. The largest absolute Gasteiger partial charge is 0.487 e. The highest BCUT2D eigenvalue weighted by Crippen LogP contribution is 2.20.